The van der Waals surface area contributed by atoms with Crippen LogP contribution in [0.3, 0.4) is 0 Å². The zero-order valence-corrected chi connectivity index (χ0v) is 14.3. The van der Waals surface area contributed by atoms with Gasteiger partial charge in [0.15, 0.2) is 6.61 Å². The molecule has 6 heteroatoms. The summed E-state index contributed by atoms with van der Waals surface area (Å²) in [6.07, 6.45) is 0. The highest BCUT2D eigenvalue weighted by Crippen LogP contribution is 2.16. The average molecular weight is 341 g/mol. The first-order valence-corrected chi connectivity index (χ1v) is 7.64. The molecule has 0 bridgehead atoms. The van der Waals surface area contributed by atoms with Crippen molar-refractivity contribution in [2.45, 2.75) is 13.8 Å². The molecule has 1 amide bonds. The van der Waals surface area contributed by atoms with E-state index in [1.165, 1.54) is 13.2 Å². The van der Waals surface area contributed by atoms with Crippen LogP contribution in [0.25, 0.3) is 0 Å². The summed E-state index contributed by atoms with van der Waals surface area (Å²) < 4.78 is 9.68. The number of hydrogen-bond donors (Lipinski definition) is 1. The molecule has 2 rings (SSSR count). The molecule has 1 N–H and O–H groups in total. The summed E-state index contributed by atoms with van der Waals surface area (Å²) in [5.41, 5.74) is 2.92. The van der Waals surface area contributed by atoms with Crippen molar-refractivity contribution in [2.75, 3.05) is 19.0 Å². The van der Waals surface area contributed by atoms with Crippen molar-refractivity contribution in [1.82, 2.24) is 0 Å². The van der Waals surface area contributed by atoms with Crippen LogP contribution in [0.4, 0.5) is 5.69 Å². The summed E-state index contributed by atoms with van der Waals surface area (Å²) in [5, 5.41) is 2.54. The fourth-order valence-electron chi connectivity index (χ4n) is 2.15. The molecule has 2 aromatic carbocycles. The van der Waals surface area contributed by atoms with Gasteiger partial charge in [0.25, 0.3) is 5.91 Å². The van der Waals surface area contributed by atoms with E-state index in [0.717, 1.165) is 11.1 Å². The number of benzene rings is 2. The Morgan fingerprint density at radius 2 is 1.68 bits per heavy atom. The lowest BCUT2D eigenvalue weighted by molar-refractivity contribution is -0.119. The fourth-order valence-corrected chi connectivity index (χ4v) is 2.15. The van der Waals surface area contributed by atoms with Crippen molar-refractivity contribution < 1.29 is 23.9 Å². The van der Waals surface area contributed by atoms with E-state index in [0.29, 0.717) is 11.3 Å². The monoisotopic (exact) mass is 341 g/mol. The minimum absolute atomic E-state index is 0.221. The molecular weight excluding hydrogens is 322 g/mol. The van der Waals surface area contributed by atoms with E-state index in [-0.39, 0.29) is 5.56 Å². The highest BCUT2D eigenvalue weighted by molar-refractivity contribution is 6.02. The van der Waals surface area contributed by atoms with E-state index >= 15 is 0 Å². The average Bonchev–Trinajstić information content (AvgIpc) is 2.61. The standard InChI is InChI=1S/C19H19NO5/c1-12-8-9-14(10-13(12)2)18(22)25-11-17(21)20-16-7-5-4-6-15(16)19(23)24-3/h4-10H,11H2,1-3H3,(H,20,21). The molecule has 130 valence electrons. The van der Waals surface area contributed by atoms with Crippen LogP contribution in [-0.4, -0.2) is 31.6 Å². The van der Waals surface area contributed by atoms with Crippen LogP contribution in [-0.2, 0) is 14.3 Å². The second kappa shape index (κ2) is 8.10. The Morgan fingerprint density at radius 1 is 0.960 bits per heavy atom. The molecular formula is C19H19NO5. The van der Waals surface area contributed by atoms with Crippen LogP contribution < -0.4 is 5.32 Å². The molecule has 25 heavy (non-hydrogen) atoms. The largest absolute Gasteiger partial charge is 0.465 e. The van der Waals surface area contributed by atoms with Gasteiger partial charge in [-0.2, -0.15) is 0 Å². The smallest absolute Gasteiger partial charge is 0.339 e. The Balaban J connectivity index is 1.98. The van der Waals surface area contributed by atoms with Crippen LogP contribution in [0.15, 0.2) is 42.5 Å². The number of carbonyl (C=O) groups excluding carboxylic acids is 3. The van der Waals surface area contributed by atoms with Crippen molar-refractivity contribution in [2.24, 2.45) is 0 Å². The van der Waals surface area contributed by atoms with E-state index in [1.807, 2.05) is 19.9 Å². The summed E-state index contributed by atoms with van der Waals surface area (Å²) in [6, 6.07) is 11.6. The summed E-state index contributed by atoms with van der Waals surface area (Å²) in [7, 11) is 1.26. The molecule has 0 fully saturated rings. The molecule has 0 radical (unpaired) electrons. The third-order valence-corrected chi connectivity index (χ3v) is 3.68. The van der Waals surface area contributed by atoms with E-state index in [9.17, 15) is 14.4 Å². The van der Waals surface area contributed by atoms with Crippen LogP contribution in [0.1, 0.15) is 31.8 Å². The summed E-state index contributed by atoms with van der Waals surface area (Å²) in [4.78, 5) is 35.7. The number of hydrogen-bond acceptors (Lipinski definition) is 5. The fraction of sp³-hybridized carbons (Fsp3) is 0.211. The van der Waals surface area contributed by atoms with Gasteiger partial charge in [-0.25, -0.2) is 9.59 Å². The number of ether oxygens (including phenoxy) is 2. The van der Waals surface area contributed by atoms with Gasteiger partial charge in [0, 0.05) is 0 Å². The van der Waals surface area contributed by atoms with Gasteiger partial charge in [-0.05, 0) is 49.2 Å². The van der Waals surface area contributed by atoms with Crippen LogP contribution >= 0.6 is 0 Å². The van der Waals surface area contributed by atoms with Crippen molar-refractivity contribution in [3.05, 3.63) is 64.7 Å². The zero-order chi connectivity index (χ0) is 18.4. The molecule has 0 saturated heterocycles. The number of aryl methyl sites for hydroxylation is 2. The van der Waals surface area contributed by atoms with Gasteiger partial charge >= 0.3 is 11.9 Å². The maximum absolute atomic E-state index is 12.0. The maximum Gasteiger partial charge on any atom is 0.339 e. The molecule has 0 unspecified atom stereocenters. The lowest BCUT2D eigenvalue weighted by Crippen LogP contribution is -2.22. The second-order valence-corrected chi connectivity index (χ2v) is 5.46. The number of para-hydroxylation sites is 1. The summed E-state index contributed by atoms with van der Waals surface area (Å²) >= 11 is 0. The normalized spacial score (nSPS) is 10.0. The molecule has 0 aliphatic carbocycles. The van der Waals surface area contributed by atoms with Crippen LogP contribution in [0.2, 0.25) is 0 Å². The van der Waals surface area contributed by atoms with Crippen molar-refractivity contribution >= 4 is 23.5 Å². The lowest BCUT2D eigenvalue weighted by Gasteiger charge is -2.10. The Morgan fingerprint density at radius 3 is 2.36 bits per heavy atom. The van der Waals surface area contributed by atoms with Crippen molar-refractivity contribution in [1.29, 1.82) is 0 Å². The first-order valence-electron chi connectivity index (χ1n) is 7.64. The highest BCUT2D eigenvalue weighted by atomic mass is 16.5. The van der Waals surface area contributed by atoms with Gasteiger partial charge in [-0.3, -0.25) is 4.79 Å². The minimum Gasteiger partial charge on any atom is -0.465 e. The van der Waals surface area contributed by atoms with Gasteiger partial charge in [0.05, 0.1) is 23.9 Å². The molecule has 2 aromatic rings. The lowest BCUT2D eigenvalue weighted by atomic mass is 10.1. The Hall–Kier alpha value is -3.15. The van der Waals surface area contributed by atoms with E-state index in [2.05, 4.69) is 10.1 Å². The van der Waals surface area contributed by atoms with E-state index in [4.69, 9.17) is 4.74 Å². The molecule has 0 aliphatic rings. The summed E-state index contributed by atoms with van der Waals surface area (Å²) in [5.74, 6) is -1.70. The molecule has 0 aliphatic heterocycles. The number of carbonyl (C=O) groups is 3. The molecule has 0 heterocycles. The summed E-state index contributed by atoms with van der Waals surface area (Å²) in [6.45, 7) is 3.38. The number of rotatable bonds is 5. The molecule has 6 nitrogen and oxygen atoms in total. The minimum atomic E-state index is -0.584. The van der Waals surface area contributed by atoms with Gasteiger partial charge in [0.1, 0.15) is 0 Å². The molecule has 0 spiro atoms. The topological polar surface area (TPSA) is 81.7 Å². The quantitative estimate of drug-likeness (QED) is 0.846. The maximum atomic E-state index is 12.0. The molecule has 0 aromatic heterocycles. The van der Waals surface area contributed by atoms with Gasteiger partial charge < -0.3 is 14.8 Å². The Kier molecular flexibility index (Phi) is 5.89. The van der Waals surface area contributed by atoms with E-state index in [1.54, 1.807) is 30.3 Å². The highest BCUT2D eigenvalue weighted by Gasteiger charge is 2.15. The van der Waals surface area contributed by atoms with Crippen molar-refractivity contribution in [3.8, 4) is 0 Å². The third kappa shape index (κ3) is 4.67. The first-order chi connectivity index (χ1) is 11.9. The number of methoxy groups -OCH3 is 1. The van der Waals surface area contributed by atoms with Crippen LogP contribution in [0, 0.1) is 13.8 Å². The predicted molar refractivity (Wildman–Crippen MR) is 92.6 cm³/mol. The first kappa shape index (κ1) is 18.2. The number of amides is 1. The van der Waals surface area contributed by atoms with Crippen molar-refractivity contribution in [3.63, 3.8) is 0 Å². The number of esters is 2. The predicted octanol–water partition coefficient (Wildman–Crippen LogP) is 2.89. The molecule has 0 atom stereocenters. The van der Waals surface area contributed by atoms with E-state index < -0.39 is 24.5 Å². The Bertz CT molecular complexity index is 813. The number of anilines is 1. The third-order valence-electron chi connectivity index (χ3n) is 3.68. The van der Waals surface area contributed by atoms with Gasteiger partial charge in [0.2, 0.25) is 0 Å². The van der Waals surface area contributed by atoms with Gasteiger partial charge in [-0.1, -0.05) is 18.2 Å². The zero-order valence-electron chi connectivity index (χ0n) is 14.3. The van der Waals surface area contributed by atoms with Gasteiger partial charge in [-0.15, -0.1) is 0 Å². The number of nitrogens with one attached hydrogen (secondary N) is 1. The van der Waals surface area contributed by atoms with Crippen LogP contribution in [0.5, 0.6) is 0 Å². The molecule has 0 saturated carbocycles. The Labute approximate surface area is 145 Å². The SMILES string of the molecule is COC(=O)c1ccccc1NC(=O)COC(=O)c1ccc(C)c(C)c1. The second-order valence-electron chi connectivity index (χ2n) is 5.46.